The van der Waals surface area contributed by atoms with Crippen molar-refractivity contribution >= 4 is 0 Å². The van der Waals surface area contributed by atoms with Crippen LogP contribution in [0.1, 0.15) is 65.2 Å². The van der Waals surface area contributed by atoms with Crippen LogP contribution in [0, 0.1) is 22.7 Å². The summed E-state index contributed by atoms with van der Waals surface area (Å²) in [4.78, 5) is 2.98. The first-order chi connectivity index (χ1) is 9.98. The van der Waals surface area contributed by atoms with Crippen molar-refractivity contribution in [3.8, 4) is 0 Å². The van der Waals surface area contributed by atoms with Gasteiger partial charge in [0.2, 0.25) is 0 Å². The fraction of sp³-hybridized carbons (Fsp3) is 1.00. The van der Waals surface area contributed by atoms with Gasteiger partial charge in [-0.3, -0.25) is 4.90 Å². The summed E-state index contributed by atoms with van der Waals surface area (Å²) in [5, 5.41) is 3.82. The van der Waals surface area contributed by atoms with Gasteiger partial charge >= 0.3 is 0 Å². The van der Waals surface area contributed by atoms with E-state index in [1.54, 1.807) is 0 Å². The summed E-state index contributed by atoms with van der Waals surface area (Å²) in [6, 6.07) is 0.812. The summed E-state index contributed by atoms with van der Waals surface area (Å²) >= 11 is 0. The molecule has 4 bridgehead atoms. The second-order valence-electron chi connectivity index (χ2n) is 10.2. The molecule has 0 amide bonds. The van der Waals surface area contributed by atoms with Crippen LogP contribution in [0.5, 0.6) is 0 Å². The Morgan fingerprint density at radius 2 is 1.67 bits per heavy atom. The molecule has 2 heteroatoms. The van der Waals surface area contributed by atoms with Crippen molar-refractivity contribution in [2.75, 3.05) is 19.6 Å². The van der Waals surface area contributed by atoms with Gasteiger partial charge in [0.25, 0.3) is 0 Å². The zero-order chi connectivity index (χ0) is 14.3. The molecule has 1 aliphatic heterocycles. The van der Waals surface area contributed by atoms with Crippen molar-refractivity contribution in [2.24, 2.45) is 22.7 Å². The molecule has 6 rings (SSSR count). The van der Waals surface area contributed by atoms with Gasteiger partial charge < -0.3 is 5.32 Å². The number of nitrogens with one attached hydrogen (secondary N) is 1. The van der Waals surface area contributed by atoms with Crippen LogP contribution in [0.15, 0.2) is 0 Å². The molecule has 21 heavy (non-hydrogen) atoms. The minimum Gasteiger partial charge on any atom is -0.311 e. The maximum absolute atomic E-state index is 3.82. The Hall–Kier alpha value is -0.0800. The molecule has 1 saturated heterocycles. The molecular weight excluding hydrogens is 256 g/mol. The molecule has 1 N–H and O–H groups in total. The van der Waals surface area contributed by atoms with E-state index in [0.717, 1.165) is 17.9 Å². The minimum absolute atomic E-state index is 0.582. The first-order valence-corrected chi connectivity index (χ1v) is 9.46. The Kier molecular flexibility index (Phi) is 2.58. The zero-order valence-electron chi connectivity index (χ0n) is 14.0. The first kappa shape index (κ1) is 13.4. The van der Waals surface area contributed by atoms with Crippen molar-refractivity contribution < 1.29 is 0 Å². The van der Waals surface area contributed by atoms with E-state index >= 15 is 0 Å². The summed E-state index contributed by atoms with van der Waals surface area (Å²) in [6.07, 6.45) is 12.1. The van der Waals surface area contributed by atoms with Gasteiger partial charge in [-0.1, -0.05) is 13.8 Å². The lowest BCUT2D eigenvalue weighted by atomic mass is 9.42. The average Bonchev–Trinajstić information content (AvgIpc) is 3.18. The van der Waals surface area contributed by atoms with E-state index in [4.69, 9.17) is 0 Å². The van der Waals surface area contributed by atoms with Gasteiger partial charge in [0.1, 0.15) is 0 Å². The third kappa shape index (κ3) is 2.05. The van der Waals surface area contributed by atoms with E-state index in [1.807, 2.05) is 0 Å². The van der Waals surface area contributed by atoms with Crippen molar-refractivity contribution in [3.05, 3.63) is 0 Å². The van der Waals surface area contributed by atoms with E-state index in [0.29, 0.717) is 16.4 Å². The summed E-state index contributed by atoms with van der Waals surface area (Å²) in [6.45, 7) is 9.13. The van der Waals surface area contributed by atoms with Crippen LogP contribution >= 0.6 is 0 Å². The number of rotatable bonds is 2. The number of piperazine rings is 1. The SMILES string of the molecule is CC12CC3CC(C)(C1)CC(N1CCNC(C4CC4)C1)(C3)C2. The molecule has 0 aromatic rings. The summed E-state index contributed by atoms with van der Waals surface area (Å²) in [5.41, 5.74) is 1.90. The molecule has 0 radical (unpaired) electrons. The molecule has 6 fully saturated rings. The van der Waals surface area contributed by atoms with Crippen molar-refractivity contribution in [1.29, 1.82) is 0 Å². The highest BCUT2D eigenvalue weighted by Gasteiger charge is 2.62. The van der Waals surface area contributed by atoms with Crippen LogP contribution in [-0.2, 0) is 0 Å². The van der Waals surface area contributed by atoms with Crippen molar-refractivity contribution in [3.63, 3.8) is 0 Å². The second kappa shape index (κ2) is 4.06. The van der Waals surface area contributed by atoms with E-state index in [1.165, 1.54) is 71.0 Å². The third-order valence-corrected chi connectivity index (χ3v) is 7.66. The fourth-order valence-corrected chi connectivity index (χ4v) is 7.76. The van der Waals surface area contributed by atoms with Gasteiger partial charge in [0, 0.05) is 31.2 Å². The van der Waals surface area contributed by atoms with Gasteiger partial charge in [-0.05, 0) is 74.0 Å². The van der Waals surface area contributed by atoms with Crippen LogP contribution in [0.25, 0.3) is 0 Å². The largest absolute Gasteiger partial charge is 0.311 e. The fourth-order valence-electron chi connectivity index (χ4n) is 7.76. The Labute approximate surface area is 130 Å². The van der Waals surface area contributed by atoms with E-state index < -0.39 is 0 Å². The molecule has 3 atom stereocenters. The van der Waals surface area contributed by atoms with Crippen molar-refractivity contribution in [2.45, 2.75) is 76.8 Å². The maximum Gasteiger partial charge on any atom is 0.0224 e. The molecule has 1 heterocycles. The molecule has 0 spiro atoms. The monoisotopic (exact) mass is 288 g/mol. The molecule has 118 valence electrons. The van der Waals surface area contributed by atoms with Gasteiger partial charge in [-0.15, -0.1) is 0 Å². The molecule has 0 aromatic carbocycles. The van der Waals surface area contributed by atoms with E-state index in [9.17, 15) is 0 Å². The maximum atomic E-state index is 3.82. The Bertz CT molecular complexity index is 436. The zero-order valence-corrected chi connectivity index (χ0v) is 14.0. The lowest BCUT2D eigenvalue weighted by Crippen LogP contribution is -2.68. The average molecular weight is 288 g/mol. The predicted molar refractivity (Wildman–Crippen MR) is 86.2 cm³/mol. The Morgan fingerprint density at radius 1 is 0.952 bits per heavy atom. The lowest BCUT2D eigenvalue weighted by molar-refractivity contribution is -0.166. The molecule has 5 aliphatic carbocycles. The van der Waals surface area contributed by atoms with Crippen LogP contribution in [0.4, 0.5) is 0 Å². The van der Waals surface area contributed by atoms with E-state index in [2.05, 4.69) is 24.1 Å². The molecule has 2 nitrogen and oxygen atoms in total. The topological polar surface area (TPSA) is 15.3 Å². The normalized spacial score (nSPS) is 56.9. The lowest BCUT2D eigenvalue weighted by Gasteiger charge is -2.68. The van der Waals surface area contributed by atoms with Gasteiger partial charge in [0.15, 0.2) is 0 Å². The molecule has 5 saturated carbocycles. The summed E-state index contributed by atoms with van der Waals surface area (Å²) in [5.74, 6) is 2.04. The van der Waals surface area contributed by atoms with Crippen LogP contribution in [0.3, 0.4) is 0 Å². The highest BCUT2D eigenvalue weighted by molar-refractivity contribution is 5.15. The summed E-state index contributed by atoms with van der Waals surface area (Å²) < 4.78 is 0. The quantitative estimate of drug-likeness (QED) is 0.837. The smallest absolute Gasteiger partial charge is 0.0224 e. The van der Waals surface area contributed by atoms with Gasteiger partial charge in [0.05, 0.1) is 0 Å². The Morgan fingerprint density at radius 3 is 2.29 bits per heavy atom. The van der Waals surface area contributed by atoms with Crippen LogP contribution in [-0.4, -0.2) is 36.1 Å². The molecule has 3 unspecified atom stereocenters. The standard InChI is InChI=1S/C19H32N2/c1-17-7-14-8-18(2,11-17)13-19(9-14,12-17)21-6-5-20-16(10-21)15-3-4-15/h14-16,20H,3-13H2,1-2H3. The molecule has 6 aliphatic rings. The number of nitrogens with zero attached hydrogens (tertiary/aromatic N) is 1. The van der Waals surface area contributed by atoms with E-state index in [-0.39, 0.29) is 0 Å². The molecular formula is C19H32N2. The predicted octanol–water partition coefficient (Wildman–Crippen LogP) is 3.42. The summed E-state index contributed by atoms with van der Waals surface area (Å²) in [7, 11) is 0. The third-order valence-electron chi connectivity index (χ3n) is 7.66. The van der Waals surface area contributed by atoms with Gasteiger partial charge in [-0.2, -0.15) is 0 Å². The van der Waals surface area contributed by atoms with Crippen LogP contribution < -0.4 is 5.32 Å². The highest BCUT2D eigenvalue weighted by Crippen LogP contribution is 2.67. The number of hydrogen-bond donors (Lipinski definition) is 1. The van der Waals surface area contributed by atoms with Crippen molar-refractivity contribution in [1.82, 2.24) is 10.2 Å². The van der Waals surface area contributed by atoms with Gasteiger partial charge in [-0.25, -0.2) is 0 Å². The van der Waals surface area contributed by atoms with Crippen LogP contribution in [0.2, 0.25) is 0 Å². The minimum atomic E-state index is 0.582. The second-order valence-corrected chi connectivity index (χ2v) is 10.2. The highest BCUT2D eigenvalue weighted by atomic mass is 15.3. The first-order valence-electron chi connectivity index (χ1n) is 9.46. The molecule has 0 aromatic heterocycles. The Balaban J connectivity index is 1.44. The number of hydrogen-bond acceptors (Lipinski definition) is 2.